The average molecular weight is 1140 g/mol. The summed E-state index contributed by atoms with van der Waals surface area (Å²) in [6.07, 6.45) is -0.0908. The topological polar surface area (TPSA) is 494 Å². The molecule has 28 heteroatoms. The molecule has 448 valence electrons. The van der Waals surface area contributed by atoms with E-state index in [2.05, 4.69) is 47.5 Å². The van der Waals surface area contributed by atoms with Crippen molar-refractivity contribution >= 4 is 70.0 Å². The molecule has 3 aromatic rings. The lowest BCUT2D eigenvalue weighted by molar-refractivity contribution is -0.143. The number of aliphatic hydroxyl groups excluding tert-OH is 2. The summed E-state index contributed by atoms with van der Waals surface area (Å²) in [6, 6.07) is 1.02. The molecule has 9 amide bonds. The van der Waals surface area contributed by atoms with Gasteiger partial charge in [0.25, 0.3) is 0 Å². The van der Waals surface area contributed by atoms with Gasteiger partial charge in [0.2, 0.25) is 53.2 Å². The van der Waals surface area contributed by atoms with Gasteiger partial charge in [0.05, 0.1) is 24.8 Å². The first-order valence-electron chi connectivity index (χ1n) is 26.9. The Kier molecular flexibility index (Phi) is 29.2. The minimum atomic E-state index is -1.74. The number of para-hydroxylation sites is 1. The fourth-order valence-electron chi connectivity index (χ4n) is 8.44. The van der Waals surface area contributed by atoms with Gasteiger partial charge in [-0.2, -0.15) is 0 Å². The van der Waals surface area contributed by atoms with Crippen LogP contribution in [0.4, 0.5) is 0 Å². The number of amides is 9. The zero-order valence-electron chi connectivity index (χ0n) is 45.7. The maximum Gasteiger partial charge on any atom is 0.326 e. The number of carbonyl (C=O) groups excluding carboxylic acids is 9. The third-order valence-electron chi connectivity index (χ3n) is 13.1. The summed E-state index contributed by atoms with van der Waals surface area (Å²) in [6.45, 7) is 2.45. The number of benzene rings is 2. The first-order valence-corrected chi connectivity index (χ1v) is 26.9. The molecule has 0 saturated heterocycles. The number of nitrogens with two attached hydrogens (primary N) is 5. The van der Waals surface area contributed by atoms with Crippen LogP contribution in [0.15, 0.2) is 54.7 Å². The molecular formula is C53H82N14O14. The van der Waals surface area contributed by atoms with E-state index in [1.807, 2.05) is 0 Å². The molecule has 0 aliphatic heterocycles. The van der Waals surface area contributed by atoms with Crippen molar-refractivity contribution in [2.24, 2.45) is 28.7 Å². The van der Waals surface area contributed by atoms with Crippen molar-refractivity contribution in [2.45, 2.75) is 158 Å². The highest BCUT2D eigenvalue weighted by atomic mass is 16.4. The number of aliphatic carboxylic acids is 1. The Labute approximate surface area is 469 Å². The van der Waals surface area contributed by atoms with E-state index in [9.17, 15) is 68.4 Å². The summed E-state index contributed by atoms with van der Waals surface area (Å²) < 4.78 is 0. The molecule has 0 radical (unpaired) electrons. The number of unbranched alkanes of at least 4 members (excludes halogenated alkanes) is 3. The number of phenolic OH excluding ortho intramolecular Hbond substituents is 1. The Morgan fingerprint density at radius 3 is 1.59 bits per heavy atom. The molecule has 1 aromatic heterocycles. The Balaban J connectivity index is 1.87. The predicted octanol–water partition coefficient (Wildman–Crippen LogP) is -4.01. The third kappa shape index (κ3) is 23.5. The van der Waals surface area contributed by atoms with Crippen molar-refractivity contribution < 1.29 is 68.4 Å². The summed E-state index contributed by atoms with van der Waals surface area (Å²) in [5.74, 6) is -9.88. The number of aromatic nitrogens is 1. The summed E-state index contributed by atoms with van der Waals surface area (Å²) >= 11 is 0. The minimum absolute atomic E-state index is 0.00390. The van der Waals surface area contributed by atoms with E-state index in [0.29, 0.717) is 60.7 Å². The lowest BCUT2D eigenvalue weighted by atomic mass is 10.0. The molecule has 0 unspecified atom stereocenters. The first-order chi connectivity index (χ1) is 38.5. The van der Waals surface area contributed by atoms with Gasteiger partial charge in [-0.3, -0.25) is 43.2 Å². The van der Waals surface area contributed by atoms with Gasteiger partial charge in [0.1, 0.15) is 48.0 Å². The van der Waals surface area contributed by atoms with Crippen LogP contribution in [0.25, 0.3) is 10.9 Å². The number of primary amides is 1. The second-order valence-corrected chi connectivity index (χ2v) is 19.8. The number of aliphatic hydroxyl groups is 2. The molecular weight excluding hydrogens is 1060 g/mol. The quantitative estimate of drug-likeness (QED) is 0.0243. The number of fused-ring (bicyclic) bond motifs is 1. The van der Waals surface area contributed by atoms with E-state index in [0.717, 1.165) is 0 Å². The van der Waals surface area contributed by atoms with E-state index in [-0.39, 0.29) is 57.4 Å². The summed E-state index contributed by atoms with van der Waals surface area (Å²) in [7, 11) is 0. The summed E-state index contributed by atoms with van der Waals surface area (Å²) in [5.41, 5.74) is 30.1. The number of nitrogens with one attached hydrogen (secondary N) is 9. The van der Waals surface area contributed by atoms with E-state index in [4.69, 9.17) is 28.7 Å². The number of hydrogen-bond donors (Lipinski definition) is 18. The smallest absolute Gasteiger partial charge is 0.326 e. The lowest BCUT2D eigenvalue weighted by Crippen LogP contribution is -2.61. The number of carboxylic acid groups (broad SMARTS) is 1. The molecule has 3 rings (SSSR count). The van der Waals surface area contributed by atoms with Crippen LogP contribution in [-0.4, -0.2) is 171 Å². The van der Waals surface area contributed by atoms with E-state index in [1.165, 1.54) is 38.1 Å². The Morgan fingerprint density at radius 1 is 0.543 bits per heavy atom. The third-order valence-corrected chi connectivity index (χ3v) is 13.1. The zero-order chi connectivity index (χ0) is 60.2. The van der Waals surface area contributed by atoms with Gasteiger partial charge in [-0.25, -0.2) is 4.79 Å². The lowest BCUT2D eigenvalue weighted by Gasteiger charge is -2.28. The predicted molar refractivity (Wildman–Crippen MR) is 296 cm³/mol. The van der Waals surface area contributed by atoms with Gasteiger partial charge < -0.3 is 96.6 Å². The second kappa shape index (κ2) is 35.1. The van der Waals surface area contributed by atoms with Crippen LogP contribution < -0.4 is 71.2 Å². The molecule has 28 nitrogen and oxygen atoms in total. The van der Waals surface area contributed by atoms with Crippen molar-refractivity contribution in [2.75, 3.05) is 26.2 Å². The van der Waals surface area contributed by atoms with Crippen LogP contribution in [0, 0.1) is 0 Å². The van der Waals surface area contributed by atoms with Gasteiger partial charge in [0.15, 0.2) is 0 Å². The number of phenols is 1. The van der Waals surface area contributed by atoms with Gasteiger partial charge >= 0.3 is 5.97 Å². The number of aromatic hydroxyl groups is 1. The highest BCUT2D eigenvalue weighted by Crippen LogP contribution is 2.20. The second-order valence-electron chi connectivity index (χ2n) is 19.8. The number of H-pyrrole nitrogens is 1. The van der Waals surface area contributed by atoms with Crippen molar-refractivity contribution in [3.63, 3.8) is 0 Å². The van der Waals surface area contributed by atoms with Gasteiger partial charge in [-0.05, 0) is 121 Å². The highest BCUT2D eigenvalue weighted by molar-refractivity contribution is 5.98. The molecule has 0 bridgehead atoms. The molecule has 23 N–H and O–H groups in total. The molecule has 2 aromatic carbocycles. The largest absolute Gasteiger partial charge is 0.508 e. The molecule has 81 heavy (non-hydrogen) atoms. The zero-order valence-corrected chi connectivity index (χ0v) is 45.7. The molecule has 1 heterocycles. The van der Waals surface area contributed by atoms with E-state index in [1.54, 1.807) is 30.5 Å². The molecule has 0 saturated carbocycles. The maximum atomic E-state index is 14.4. The van der Waals surface area contributed by atoms with E-state index < -0.39 is 139 Å². The number of aromatic amines is 1. The standard InChI is InChI=1S/C53H82N14O14/c1-29(68)44(66-43(72)28-60-47(74)40(25-31-16-18-33(70)19-17-31)64-46(73)35(57)12-5-8-22-54)51(78)62-37(14-6-9-23-55)48(75)61-38(20-21-42(58)71)49(76)65-41(26-32-27-59-36-13-4-3-11-34(32)36)50(77)67-45(30(2)69)52(79)63-39(53(80)81)15-7-10-24-56/h3-4,11,13,16-19,27,29-30,35,37-41,44-45,59,68-70H,5-10,12,14-15,20-26,28,54-57H2,1-2H3,(H2,58,71)(H,60,74)(H,61,75)(H,62,78)(H,63,79)(H,64,73)(H,65,76)(H,66,72)(H,67,77)(H,80,81)/t29-,30-,35+,37+,38+,39+,40+,41+,44+,45+/m1/s1. The van der Waals surface area contributed by atoms with Crippen LogP contribution in [0.5, 0.6) is 5.75 Å². The monoisotopic (exact) mass is 1140 g/mol. The Bertz CT molecular complexity index is 2560. The number of hydrogen-bond acceptors (Lipinski definition) is 17. The average Bonchev–Trinajstić information content (AvgIpc) is 3.86. The van der Waals surface area contributed by atoms with Gasteiger partial charge in [0, 0.05) is 36.4 Å². The minimum Gasteiger partial charge on any atom is -0.508 e. The summed E-state index contributed by atoms with van der Waals surface area (Å²) in [4.78, 5) is 137. The maximum absolute atomic E-state index is 14.4. The number of carboxylic acids is 1. The Hall–Kier alpha value is -7.76. The molecule has 0 aliphatic rings. The number of rotatable bonds is 38. The van der Waals surface area contributed by atoms with Crippen molar-refractivity contribution in [1.29, 1.82) is 0 Å². The highest BCUT2D eigenvalue weighted by Gasteiger charge is 2.36. The van der Waals surface area contributed by atoms with Gasteiger partial charge in [-0.1, -0.05) is 36.8 Å². The van der Waals surface area contributed by atoms with Crippen LogP contribution in [0.1, 0.15) is 95.6 Å². The fraction of sp³-hybridized carbons (Fsp3) is 0.547. The van der Waals surface area contributed by atoms with Crippen molar-refractivity contribution in [3.8, 4) is 5.75 Å². The fourth-order valence-corrected chi connectivity index (χ4v) is 8.44. The van der Waals surface area contributed by atoms with Gasteiger partial charge in [-0.15, -0.1) is 0 Å². The first kappa shape index (κ1) is 67.5. The molecule has 0 aliphatic carbocycles. The molecule has 0 fully saturated rings. The van der Waals surface area contributed by atoms with Crippen LogP contribution >= 0.6 is 0 Å². The van der Waals surface area contributed by atoms with Crippen molar-refractivity contribution in [1.82, 2.24) is 47.5 Å². The van der Waals surface area contributed by atoms with Crippen LogP contribution in [0.3, 0.4) is 0 Å². The van der Waals surface area contributed by atoms with Crippen LogP contribution in [0.2, 0.25) is 0 Å². The normalized spacial score (nSPS) is 14.9. The Morgan fingerprint density at radius 2 is 1.02 bits per heavy atom. The number of carbonyl (C=O) groups is 10. The molecule has 0 spiro atoms. The van der Waals surface area contributed by atoms with Crippen molar-refractivity contribution in [3.05, 3.63) is 65.9 Å². The molecule has 10 atom stereocenters. The van der Waals surface area contributed by atoms with E-state index >= 15 is 0 Å². The van der Waals surface area contributed by atoms with Crippen LogP contribution in [-0.2, 0) is 60.8 Å². The SMILES string of the molecule is C[C@@H](O)[C@H](NC(=O)CNC(=O)[C@H](Cc1ccc(O)cc1)NC(=O)[C@@H](N)CCCCN)C(=O)N[C@@H](CCCCN)C(=O)N[C@@H](CCC(N)=O)C(=O)N[C@@H](Cc1c[nH]c2ccccc12)C(=O)N[C@H](C(=O)N[C@@H](CCCCN)C(=O)O)[C@@H](C)O. The summed E-state index contributed by atoms with van der Waals surface area (Å²) in [5, 5.41) is 61.3.